The minimum Gasteiger partial charge on any atom is -0.496 e. The van der Waals surface area contributed by atoms with E-state index in [-0.39, 0.29) is 6.04 Å². The fourth-order valence-corrected chi connectivity index (χ4v) is 2.31. The lowest BCUT2D eigenvalue weighted by molar-refractivity contribution is 0.386. The first-order chi connectivity index (χ1) is 9.20. The van der Waals surface area contributed by atoms with Crippen molar-refractivity contribution in [1.29, 1.82) is 0 Å². The lowest BCUT2D eigenvalue weighted by Gasteiger charge is -2.19. The monoisotopic (exact) mass is 259 g/mol. The Morgan fingerprint density at radius 1 is 1.16 bits per heavy atom. The minimum atomic E-state index is 0.208. The third-order valence-electron chi connectivity index (χ3n) is 3.22. The van der Waals surface area contributed by atoms with Crippen LogP contribution in [0.5, 0.6) is 5.75 Å². The predicted molar refractivity (Wildman–Crippen MR) is 76.4 cm³/mol. The highest BCUT2D eigenvalue weighted by Gasteiger charge is 2.13. The lowest BCUT2D eigenvalue weighted by atomic mass is 10.1. The summed E-state index contributed by atoms with van der Waals surface area (Å²) in [7, 11) is 1.71. The summed E-state index contributed by atoms with van der Waals surface area (Å²) in [6, 6.07) is 12.6. The Morgan fingerprint density at radius 3 is 2.63 bits per heavy atom. The van der Waals surface area contributed by atoms with Gasteiger partial charge in [-0.3, -0.25) is 0 Å². The van der Waals surface area contributed by atoms with Gasteiger partial charge in [-0.15, -0.1) is 0 Å². The van der Waals surface area contributed by atoms with Crippen LogP contribution in [0.4, 0.5) is 0 Å². The van der Waals surface area contributed by atoms with Gasteiger partial charge in [0.1, 0.15) is 11.5 Å². The molecule has 0 aliphatic heterocycles. The first-order valence-corrected chi connectivity index (χ1v) is 6.62. The number of nitrogens with one attached hydrogen (secondary N) is 1. The maximum atomic E-state index is 5.40. The molecule has 1 aromatic heterocycles. The third kappa shape index (κ3) is 3.61. The lowest BCUT2D eigenvalue weighted by Crippen LogP contribution is -2.30. The molecule has 19 heavy (non-hydrogen) atoms. The second kappa shape index (κ2) is 6.43. The molecule has 1 N–H and O–H groups in total. The van der Waals surface area contributed by atoms with E-state index in [2.05, 4.69) is 25.2 Å². The van der Waals surface area contributed by atoms with Crippen molar-refractivity contribution in [3.05, 3.63) is 54.0 Å². The van der Waals surface area contributed by atoms with E-state index >= 15 is 0 Å². The summed E-state index contributed by atoms with van der Waals surface area (Å²) in [5.41, 5.74) is 1.22. The zero-order valence-corrected chi connectivity index (χ0v) is 11.7. The highest BCUT2D eigenvalue weighted by atomic mass is 16.5. The molecule has 1 heterocycles. The van der Waals surface area contributed by atoms with Gasteiger partial charge in [0.05, 0.1) is 19.4 Å². The molecule has 0 bridgehead atoms. The average Bonchev–Trinajstić information content (AvgIpc) is 2.93. The molecule has 2 aromatic rings. The van der Waals surface area contributed by atoms with E-state index in [9.17, 15) is 0 Å². The van der Waals surface area contributed by atoms with Crippen molar-refractivity contribution in [3.63, 3.8) is 0 Å². The van der Waals surface area contributed by atoms with Crippen molar-refractivity contribution in [2.45, 2.75) is 32.4 Å². The number of benzene rings is 1. The van der Waals surface area contributed by atoms with Gasteiger partial charge in [0.25, 0.3) is 0 Å². The molecule has 0 radical (unpaired) electrons. The Labute approximate surface area is 114 Å². The van der Waals surface area contributed by atoms with E-state index in [1.54, 1.807) is 13.4 Å². The minimum absolute atomic E-state index is 0.208. The Kier molecular flexibility index (Phi) is 4.63. The van der Waals surface area contributed by atoms with Crippen LogP contribution in [0, 0.1) is 0 Å². The highest BCUT2D eigenvalue weighted by molar-refractivity contribution is 5.33. The molecular formula is C16H21NO2. The van der Waals surface area contributed by atoms with Crippen LogP contribution in [-0.2, 0) is 6.42 Å². The highest BCUT2D eigenvalue weighted by Crippen LogP contribution is 2.20. The van der Waals surface area contributed by atoms with Gasteiger partial charge in [0, 0.05) is 6.04 Å². The Hall–Kier alpha value is -1.74. The molecule has 2 atom stereocenters. The zero-order valence-electron chi connectivity index (χ0n) is 11.7. The summed E-state index contributed by atoms with van der Waals surface area (Å²) in [6.45, 7) is 4.28. The van der Waals surface area contributed by atoms with Crippen molar-refractivity contribution < 1.29 is 9.15 Å². The van der Waals surface area contributed by atoms with Crippen LogP contribution in [0.25, 0.3) is 0 Å². The summed E-state index contributed by atoms with van der Waals surface area (Å²) in [4.78, 5) is 0. The van der Waals surface area contributed by atoms with Gasteiger partial charge >= 0.3 is 0 Å². The van der Waals surface area contributed by atoms with Gasteiger partial charge in [0.15, 0.2) is 0 Å². The fraction of sp³-hybridized carbons (Fsp3) is 0.375. The molecule has 0 aliphatic carbocycles. The number of hydrogen-bond donors (Lipinski definition) is 1. The normalized spacial score (nSPS) is 14.1. The summed E-state index contributed by atoms with van der Waals surface area (Å²) < 4.78 is 10.8. The molecule has 0 saturated carbocycles. The van der Waals surface area contributed by atoms with Crippen LogP contribution >= 0.6 is 0 Å². The number of furan rings is 1. The summed E-state index contributed by atoms with van der Waals surface area (Å²) in [5, 5.41) is 3.53. The van der Waals surface area contributed by atoms with Crippen molar-refractivity contribution in [2.24, 2.45) is 0 Å². The van der Waals surface area contributed by atoms with Crippen molar-refractivity contribution >= 4 is 0 Å². The molecule has 0 spiro atoms. The third-order valence-corrected chi connectivity index (χ3v) is 3.22. The maximum Gasteiger partial charge on any atom is 0.122 e. The summed E-state index contributed by atoms with van der Waals surface area (Å²) >= 11 is 0. The van der Waals surface area contributed by atoms with Gasteiger partial charge in [0.2, 0.25) is 0 Å². The number of rotatable bonds is 6. The molecule has 3 heteroatoms. The number of hydrogen-bond acceptors (Lipinski definition) is 3. The van der Waals surface area contributed by atoms with Gasteiger partial charge in [-0.25, -0.2) is 0 Å². The molecule has 0 fully saturated rings. The smallest absolute Gasteiger partial charge is 0.122 e. The predicted octanol–water partition coefficient (Wildman–Crippen LogP) is 3.57. The van der Waals surface area contributed by atoms with E-state index < -0.39 is 0 Å². The molecule has 0 saturated heterocycles. The molecule has 0 aliphatic rings. The molecule has 1 aromatic carbocycles. The molecule has 102 valence electrons. The van der Waals surface area contributed by atoms with E-state index in [0.717, 1.165) is 17.9 Å². The fourth-order valence-electron chi connectivity index (χ4n) is 2.31. The molecule has 1 unspecified atom stereocenters. The maximum absolute atomic E-state index is 5.40. The van der Waals surface area contributed by atoms with Gasteiger partial charge in [-0.05, 0) is 44.0 Å². The average molecular weight is 259 g/mol. The van der Waals surface area contributed by atoms with Crippen LogP contribution < -0.4 is 10.1 Å². The van der Waals surface area contributed by atoms with Crippen molar-refractivity contribution in [3.8, 4) is 5.75 Å². The molecular weight excluding hydrogens is 238 g/mol. The Morgan fingerprint density at radius 2 is 1.95 bits per heavy atom. The molecule has 2 rings (SSSR count). The van der Waals surface area contributed by atoms with Crippen molar-refractivity contribution in [1.82, 2.24) is 5.32 Å². The number of ether oxygens (including phenoxy) is 1. The van der Waals surface area contributed by atoms with Gasteiger partial charge < -0.3 is 14.5 Å². The van der Waals surface area contributed by atoms with Crippen LogP contribution in [0.15, 0.2) is 47.1 Å². The topological polar surface area (TPSA) is 34.4 Å². The van der Waals surface area contributed by atoms with Gasteiger partial charge in [-0.2, -0.15) is 0 Å². The van der Waals surface area contributed by atoms with E-state index in [0.29, 0.717) is 6.04 Å². The Bertz CT molecular complexity index is 493. The van der Waals surface area contributed by atoms with Crippen molar-refractivity contribution in [2.75, 3.05) is 7.11 Å². The van der Waals surface area contributed by atoms with Crippen LogP contribution in [0.3, 0.4) is 0 Å². The van der Waals surface area contributed by atoms with E-state index in [1.807, 2.05) is 30.3 Å². The van der Waals surface area contributed by atoms with Crippen LogP contribution in [0.2, 0.25) is 0 Å². The molecule has 3 nitrogen and oxygen atoms in total. The number of para-hydroxylation sites is 1. The SMILES string of the molecule is COc1ccccc1CC(C)N[C@H](C)c1ccco1. The number of methoxy groups -OCH3 is 1. The van der Waals surface area contributed by atoms with Crippen LogP contribution in [0.1, 0.15) is 31.2 Å². The standard InChI is InChI=1S/C16H21NO2/c1-12(17-13(2)15-9-6-10-19-15)11-14-7-4-5-8-16(14)18-3/h4-10,12-13,17H,11H2,1-3H3/t12?,13-/m1/s1. The molecule has 0 amide bonds. The quantitative estimate of drug-likeness (QED) is 0.861. The first-order valence-electron chi connectivity index (χ1n) is 6.62. The van der Waals surface area contributed by atoms with E-state index in [1.165, 1.54) is 5.56 Å². The Balaban J connectivity index is 1.95. The largest absolute Gasteiger partial charge is 0.496 e. The first kappa shape index (κ1) is 13.7. The van der Waals surface area contributed by atoms with E-state index in [4.69, 9.17) is 9.15 Å². The zero-order chi connectivity index (χ0) is 13.7. The van der Waals surface area contributed by atoms with Crippen LogP contribution in [-0.4, -0.2) is 13.2 Å². The second-order valence-corrected chi connectivity index (χ2v) is 4.82. The summed E-state index contributed by atoms with van der Waals surface area (Å²) in [6.07, 6.45) is 2.63. The van der Waals surface area contributed by atoms with Gasteiger partial charge in [-0.1, -0.05) is 18.2 Å². The second-order valence-electron chi connectivity index (χ2n) is 4.82. The summed E-state index contributed by atoms with van der Waals surface area (Å²) in [5.74, 6) is 1.91.